The summed E-state index contributed by atoms with van der Waals surface area (Å²) in [5.74, 6) is 0.0663. The van der Waals surface area contributed by atoms with Crippen molar-refractivity contribution in [2.75, 3.05) is 32.4 Å². The second-order valence-corrected chi connectivity index (χ2v) is 5.58. The van der Waals surface area contributed by atoms with Crippen molar-refractivity contribution in [3.05, 3.63) is 10.6 Å². The Morgan fingerprint density at radius 1 is 1.53 bits per heavy atom. The second-order valence-electron chi connectivity index (χ2n) is 4.55. The van der Waals surface area contributed by atoms with Gasteiger partial charge in [-0.1, -0.05) is 11.3 Å². The molecule has 1 atom stereocenters. The van der Waals surface area contributed by atoms with Gasteiger partial charge in [-0.15, -0.1) is 0 Å². The zero-order chi connectivity index (χ0) is 12.6. The SMILES string of the molecule is Cc1nc(N)sc1C(=O)N1CCN(C)C(C)C1. The van der Waals surface area contributed by atoms with Gasteiger partial charge in [0.25, 0.3) is 5.91 Å². The summed E-state index contributed by atoms with van der Waals surface area (Å²) in [6, 6.07) is 0.401. The fourth-order valence-corrected chi connectivity index (χ4v) is 2.79. The van der Waals surface area contributed by atoms with E-state index in [0.717, 1.165) is 25.3 Å². The summed E-state index contributed by atoms with van der Waals surface area (Å²) in [5.41, 5.74) is 6.36. The Hall–Kier alpha value is -1.14. The second kappa shape index (κ2) is 4.62. The summed E-state index contributed by atoms with van der Waals surface area (Å²) in [4.78, 5) is 21.2. The van der Waals surface area contributed by atoms with Crippen LogP contribution in [0.4, 0.5) is 5.13 Å². The number of aromatic nitrogens is 1. The highest BCUT2D eigenvalue weighted by molar-refractivity contribution is 7.17. The van der Waals surface area contributed by atoms with Crippen LogP contribution < -0.4 is 5.73 Å². The maximum absolute atomic E-state index is 12.3. The van der Waals surface area contributed by atoms with Gasteiger partial charge >= 0.3 is 0 Å². The van der Waals surface area contributed by atoms with Gasteiger partial charge in [-0.05, 0) is 20.9 Å². The number of likely N-dealkylation sites (N-methyl/N-ethyl adjacent to an activating group) is 1. The van der Waals surface area contributed by atoms with Crippen molar-refractivity contribution in [1.29, 1.82) is 0 Å². The number of anilines is 1. The fraction of sp³-hybridized carbons (Fsp3) is 0.636. The minimum absolute atomic E-state index is 0.0663. The van der Waals surface area contributed by atoms with E-state index < -0.39 is 0 Å². The van der Waals surface area contributed by atoms with Crippen LogP contribution in [0.25, 0.3) is 0 Å². The molecule has 6 heteroatoms. The number of rotatable bonds is 1. The van der Waals surface area contributed by atoms with Crippen LogP contribution in [-0.2, 0) is 0 Å². The largest absolute Gasteiger partial charge is 0.375 e. The smallest absolute Gasteiger partial charge is 0.266 e. The van der Waals surface area contributed by atoms with Crippen LogP contribution in [0, 0.1) is 6.92 Å². The Morgan fingerprint density at radius 2 is 2.24 bits per heavy atom. The van der Waals surface area contributed by atoms with Gasteiger partial charge in [0.05, 0.1) is 5.69 Å². The molecule has 0 bridgehead atoms. The molecule has 0 aliphatic carbocycles. The number of aryl methyl sites for hydroxylation is 1. The highest BCUT2D eigenvalue weighted by atomic mass is 32.1. The third-order valence-electron chi connectivity index (χ3n) is 3.25. The Morgan fingerprint density at radius 3 is 2.76 bits per heavy atom. The predicted molar refractivity (Wildman–Crippen MR) is 69.3 cm³/mol. The number of nitrogens with zero attached hydrogens (tertiary/aromatic N) is 3. The zero-order valence-corrected chi connectivity index (χ0v) is 11.3. The van der Waals surface area contributed by atoms with Crippen LogP contribution in [0.15, 0.2) is 0 Å². The van der Waals surface area contributed by atoms with Gasteiger partial charge in [-0.25, -0.2) is 4.98 Å². The summed E-state index contributed by atoms with van der Waals surface area (Å²) in [5, 5.41) is 0.466. The van der Waals surface area contributed by atoms with Crippen molar-refractivity contribution in [2.45, 2.75) is 19.9 Å². The van der Waals surface area contributed by atoms with Crippen molar-refractivity contribution in [3.8, 4) is 0 Å². The first-order valence-electron chi connectivity index (χ1n) is 5.71. The molecule has 0 saturated carbocycles. The number of nitrogen functional groups attached to an aromatic ring is 1. The van der Waals surface area contributed by atoms with E-state index in [4.69, 9.17) is 5.73 Å². The van der Waals surface area contributed by atoms with Crippen molar-refractivity contribution < 1.29 is 4.79 Å². The lowest BCUT2D eigenvalue weighted by molar-refractivity contribution is 0.0576. The monoisotopic (exact) mass is 254 g/mol. The quantitative estimate of drug-likeness (QED) is 0.805. The average Bonchev–Trinajstić information content (AvgIpc) is 2.61. The third kappa shape index (κ3) is 2.42. The third-order valence-corrected chi connectivity index (χ3v) is 4.23. The first-order valence-corrected chi connectivity index (χ1v) is 6.53. The van der Waals surface area contributed by atoms with E-state index in [2.05, 4.69) is 23.9 Å². The molecule has 1 aromatic heterocycles. The Balaban J connectivity index is 2.13. The minimum atomic E-state index is 0.0663. The lowest BCUT2D eigenvalue weighted by atomic mass is 10.2. The van der Waals surface area contributed by atoms with Gasteiger partial charge in [-0.2, -0.15) is 0 Å². The molecule has 2 rings (SSSR count). The van der Waals surface area contributed by atoms with Gasteiger partial charge in [0.15, 0.2) is 5.13 Å². The molecule has 1 aromatic rings. The number of amides is 1. The predicted octanol–water partition coefficient (Wildman–Crippen LogP) is 0.810. The average molecular weight is 254 g/mol. The topological polar surface area (TPSA) is 62.5 Å². The number of hydrogen-bond donors (Lipinski definition) is 1. The molecule has 1 saturated heterocycles. The number of piperazine rings is 1. The van der Waals surface area contributed by atoms with E-state index in [1.807, 2.05) is 11.8 Å². The summed E-state index contributed by atoms with van der Waals surface area (Å²) in [7, 11) is 2.09. The summed E-state index contributed by atoms with van der Waals surface area (Å²) < 4.78 is 0. The lowest BCUT2D eigenvalue weighted by Gasteiger charge is -2.37. The Bertz CT molecular complexity index is 431. The molecule has 1 aliphatic heterocycles. The number of carbonyl (C=O) groups is 1. The van der Waals surface area contributed by atoms with E-state index in [-0.39, 0.29) is 5.91 Å². The molecule has 0 radical (unpaired) electrons. The molecule has 1 fully saturated rings. The van der Waals surface area contributed by atoms with Crippen molar-refractivity contribution in [1.82, 2.24) is 14.8 Å². The number of hydrogen-bond acceptors (Lipinski definition) is 5. The van der Waals surface area contributed by atoms with Crippen LogP contribution in [0.3, 0.4) is 0 Å². The molecule has 0 spiro atoms. The first kappa shape index (κ1) is 12.3. The maximum Gasteiger partial charge on any atom is 0.266 e. The van der Waals surface area contributed by atoms with E-state index in [9.17, 15) is 4.79 Å². The summed E-state index contributed by atoms with van der Waals surface area (Å²) >= 11 is 1.28. The van der Waals surface area contributed by atoms with Gasteiger partial charge < -0.3 is 15.5 Å². The highest BCUT2D eigenvalue weighted by Gasteiger charge is 2.27. The molecule has 0 aromatic carbocycles. The van der Waals surface area contributed by atoms with E-state index in [1.54, 1.807) is 0 Å². The molecule has 94 valence electrons. The van der Waals surface area contributed by atoms with Crippen molar-refractivity contribution in [2.24, 2.45) is 0 Å². The normalized spacial score (nSPS) is 21.8. The standard InChI is InChI=1S/C11H18N4OS/c1-7-6-15(5-4-14(7)3)10(16)9-8(2)13-11(12)17-9/h7H,4-6H2,1-3H3,(H2,12,13). The van der Waals surface area contributed by atoms with Crippen molar-refractivity contribution in [3.63, 3.8) is 0 Å². The molecule has 5 nitrogen and oxygen atoms in total. The number of thiazole rings is 1. The van der Waals surface area contributed by atoms with E-state index >= 15 is 0 Å². The zero-order valence-electron chi connectivity index (χ0n) is 10.4. The highest BCUT2D eigenvalue weighted by Crippen LogP contribution is 2.22. The Kier molecular flexibility index (Phi) is 3.35. The molecule has 2 N–H and O–H groups in total. The van der Waals surface area contributed by atoms with Crippen molar-refractivity contribution >= 4 is 22.4 Å². The van der Waals surface area contributed by atoms with Gasteiger partial charge in [0, 0.05) is 25.7 Å². The van der Waals surface area contributed by atoms with E-state index in [0.29, 0.717) is 16.1 Å². The van der Waals surface area contributed by atoms with Gasteiger partial charge in [0.2, 0.25) is 0 Å². The van der Waals surface area contributed by atoms with Gasteiger partial charge in [-0.3, -0.25) is 4.79 Å². The molecule has 17 heavy (non-hydrogen) atoms. The van der Waals surface area contributed by atoms with E-state index in [1.165, 1.54) is 11.3 Å². The Labute approximate surface area is 105 Å². The maximum atomic E-state index is 12.3. The molecular formula is C11H18N4OS. The van der Waals surface area contributed by atoms with Crippen LogP contribution >= 0.6 is 11.3 Å². The minimum Gasteiger partial charge on any atom is -0.375 e. The van der Waals surface area contributed by atoms with Crippen LogP contribution in [-0.4, -0.2) is 53.4 Å². The molecule has 2 heterocycles. The fourth-order valence-electron chi connectivity index (χ4n) is 1.99. The molecule has 1 unspecified atom stereocenters. The summed E-state index contributed by atoms with van der Waals surface area (Å²) in [6.07, 6.45) is 0. The van der Waals surface area contributed by atoms with Crippen LogP contribution in [0.1, 0.15) is 22.3 Å². The molecular weight excluding hydrogens is 236 g/mol. The first-order chi connectivity index (χ1) is 7.99. The lowest BCUT2D eigenvalue weighted by Crippen LogP contribution is -2.51. The van der Waals surface area contributed by atoms with Crippen LogP contribution in [0.5, 0.6) is 0 Å². The van der Waals surface area contributed by atoms with Gasteiger partial charge in [0.1, 0.15) is 4.88 Å². The summed E-state index contributed by atoms with van der Waals surface area (Å²) in [6.45, 7) is 6.43. The number of nitrogens with two attached hydrogens (primary N) is 1. The molecule has 1 aliphatic rings. The van der Waals surface area contributed by atoms with Crippen LogP contribution in [0.2, 0.25) is 0 Å². The number of carbonyl (C=O) groups excluding carboxylic acids is 1. The molecule has 1 amide bonds.